The first-order chi connectivity index (χ1) is 24.1. The molecule has 8 nitrogen and oxygen atoms in total. The van der Waals surface area contributed by atoms with Crippen LogP contribution in [0.15, 0.2) is 46.8 Å². The van der Waals surface area contributed by atoms with E-state index in [1.54, 1.807) is 24.3 Å². The maximum atomic E-state index is 15.5. The van der Waals surface area contributed by atoms with Crippen LogP contribution in [0.4, 0.5) is 30.7 Å². The second-order valence-electron chi connectivity index (χ2n) is 12.9. The van der Waals surface area contributed by atoms with E-state index in [1.165, 1.54) is 30.0 Å². The third-order valence-corrected chi connectivity index (χ3v) is 11.7. The van der Waals surface area contributed by atoms with Crippen LogP contribution < -0.4 is 10.6 Å². The summed E-state index contributed by atoms with van der Waals surface area (Å²) in [6.45, 7) is 0.788. The topological polar surface area (TPSA) is 102 Å². The summed E-state index contributed by atoms with van der Waals surface area (Å²) in [5.41, 5.74) is -0.289. The van der Waals surface area contributed by atoms with Crippen molar-refractivity contribution in [1.29, 1.82) is 0 Å². The highest BCUT2D eigenvalue weighted by atomic mass is 32.2. The standard InChI is InChI=1S/C34H25F7N6O2S2/c1-13-24-25-28(34(39,40)41)46-47(29(25)33(37,38)26(13)24)12-23(48)43-21(7-14-5-17(35)9-18(36)6-14)27-19(10-22-30(44-27)45-32(50-2)51-22)15-3-4-16-11-42-31(49)20(16)8-15/h3-6,8-10,13,21,24,26H,7,11-12H2,1-2H3,(H,42,49)(H,43,48)/t13-,21+,24-,26-/m1/s1. The maximum Gasteiger partial charge on any atom is 0.435 e. The normalized spacial score (nSPS) is 20.6. The number of carbonyl (C=O) groups excluding carboxylic acids is 2. The van der Waals surface area contributed by atoms with Gasteiger partial charge in [0.25, 0.3) is 11.8 Å². The molecular formula is C34H25F7N6O2S2. The average Bonchev–Trinajstić information content (AvgIpc) is 3.42. The molecule has 2 aliphatic carbocycles. The van der Waals surface area contributed by atoms with Gasteiger partial charge in [0.1, 0.15) is 23.9 Å². The van der Waals surface area contributed by atoms with Gasteiger partial charge in [-0.2, -0.15) is 27.1 Å². The lowest BCUT2D eigenvalue weighted by Crippen LogP contribution is -2.35. The molecule has 2 aromatic carbocycles. The summed E-state index contributed by atoms with van der Waals surface area (Å²) >= 11 is 2.72. The van der Waals surface area contributed by atoms with Gasteiger partial charge in [0.2, 0.25) is 5.91 Å². The molecule has 5 aromatic rings. The fourth-order valence-corrected chi connectivity index (χ4v) is 8.92. The van der Waals surface area contributed by atoms with Gasteiger partial charge in [0.05, 0.1) is 16.4 Å². The third-order valence-electron chi connectivity index (χ3n) is 9.70. The highest BCUT2D eigenvalue weighted by molar-refractivity contribution is 8.00. The van der Waals surface area contributed by atoms with Gasteiger partial charge in [0.15, 0.2) is 15.7 Å². The number of amides is 2. The number of fused-ring (bicyclic) bond motifs is 5. The molecule has 3 aromatic heterocycles. The number of nitrogens with one attached hydrogen (secondary N) is 2. The second-order valence-corrected chi connectivity index (χ2v) is 15.0. The van der Waals surface area contributed by atoms with Crippen LogP contribution in [-0.4, -0.2) is 37.8 Å². The van der Waals surface area contributed by atoms with Crippen LogP contribution in [0.5, 0.6) is 0 Å². The fourth-order valence-electron chi connectivity index (χ4n) is 7.46. The Balaban J connectivity index is 1.23. The minimum atomic E-state index is -5.03. The highest BCUT2D eigenvalue weighted by Gasteiger charge is 2.72. The molecule has 0 saturated heterocycles. The van der Waals surface area contributed by atoms with Crippen molar-refractivity contribution in [2.75, 3.05) is 6.26 Å². The van der Waals surface area contributed by atoms with Crippen molar-refractivity contribution >= 4 is 45.3 Å². The number of nitrogens with zero attached hydrogens (tertiary/aromatic N) is 4. The summed E-state index contributed by atoms with van der Waals surface area (Å²) in [5.74, 6) is -9.76. The molecule has 4 atom stereocenters. The molecule has 0 unspecified atom stereocenters. The molecule has 17 heteroatoms. The van der Waals surface area contributed by atoms with E-state index in [9.17, 15) is 31.5 Å². The number of thioether (sulfide) groups is 1. The molecule has 51 heavy (non-hydrogen) atoms. The van der Waals surface area contributed by atoms with Crippen molar-refractivity contribution < 1.29 is 40.3 Å². The van der Waals surface area contributed by atoms with Crippen LogP contribution in [0.25, 0.3) is 21.5 Å². The Morgan fingerprint density at radius 1 is 1.12 bits per heavy atom. The first-order valence-electron chi connectivity index (χ1n) is 15.7. The number of hydrogen-bond acceptors (Lipinski definition) is 7. The van der Waals surface area contributed by atoms with Gasteiger partial charge in [-0.25, -0.2) is 18.7 Å². The smallest absolute Gasteiger partial charge is 0.348 e. The monoisotopic (exact) mass is 746 g/mol. The molecular weight excluding hydrogens is 722 g/mol. The minimum absolute atomic E-state index is 0.0991. The molecule has 3 aliphatic rings. The first kappa shape index (κ1) is 33.6. The van der Waals surface area contributed by atoms with Gasteiger partial charge in [0, 0.05) is 41.1 Å². The summed E-state index contributed by atoms with van der Waals surface area (Å²) in [4.78, 5) is 35.6. The van der Waals surface area contributed by atoms with E-state index >= 15 is 8.78 Å². The zero-order valence-corrected chi connectivity index (χ0v) is 28.2. The van der Waals surface area contributed by atoms with E-state index in [-0.39, 0.29) is 23.6 Å². The predicted octanol–water partition coefficient (Wildman–Crippen LogP) is 7.37. The number of carbonyl (C=O) groups is 2. The molecule has 264 valence electrons. The van der Waals surface area contributed by atoms with Crippen molar-refractivity contribution in [2.24, 2.45) is 11.8 Å². The predicted molar refractivity (Wildman–Crippen MR) is 173 cm³/mol. The number of alkyl halides is 5. The van der Waals surface area contributed by atoms with Gasteiger partial charge in [-0.3, -0.25) is 14.3 Å². The van der Waals surface area contributed by atoms with Crippen molar-refractivity contribution in [1.82, 2.24) is 30.4 Å². The van der Waals surface area contributed by atoms with Crippen molar-refractivity contribution in [3.8, 4) is 11.1 Å². The Labute approximate surface area is 292 Å². The molecule has 1 aliphatic heterocycles. The summed E-state index contributed by atoms with van der Waals surface area (Å²) in [6.07, 6.45) is -3.48. The quantitative estimate of drug-likeness (QED) is 0.127. The van der Waals surface area contributed by atoms with E-state index in [1.807, 2.05) is 6.26 Å². The van der Waals surface area contributed by atoms with E-state index in [2.05, 4.69) is 20.7 Å². The van der Waals surface area contributed by atoms with Crippen LogP contribution in [-0.2, 0) is 36.4 Å². The minimum Gasteiger partial charge on any atom is -0.348 e. The van der Waals surface area contributed by atoms with Crippen LogP contribution in [0.2, 0.25) is 0 Å². The molecule has 0 radical (unpaired) electrons. The van der Waals surface area contributed by atoms with Gasteiger partial charge in [-0.05, 0) is 59.6 Å². The number of benzene rings is 2. The zero-order valence-electron chi connectivity index (χ0n) is 26.5. The van der Waals surface area contributed by atoms with Gasteiger partial charge in [-0.1, -0.05) is 30.8 Å². The Hall–Kier alpha value is -4.51. The van der Waals surface area contributed by atoms with E-state index in [4.69, 9.17) is 4.98 Å². The molecule has 1 saturated carbocycles. The van der Waals surface area contributed by atoms with Crippen LogP contribution >= 0.6 is 23.1 Å². The third kappa shape index (κ3) is 5.64. The lowest BCUT2D eigenvalue weighted by Gasteiger charge is -2.23. The van der Waals surface area contributed by atoms with E-state index in [0.717, 1.165) is 17.7 Å². The molecule has 0 bridgehead atoms. The summed E-state index contributed by atoms with van der Waals surface area (Å²) < 4.78 is 104. The Morgan fingerprint density at radius 2 is 1.86 bits per heavy atom. The van der Waals surface area contributed by atoms with E-state index in [0.29, 0.717) is 48.7 Å². The summed E-state index contributed by atoms with van der Waals surface area (Å²) in [5, 5.41) is 8.92. The largest absolute Gasteiger partial charge is 0.435 e. The maximum absolute atomic E-state index is 15.5. The van der Waals surface area contributed by atoms with Crippen molar-refractivity contribution in [2.45, 2.75) is 54.8 Å². The van der Waals surface area contributed by atoms with Crippen LogP contribution in [0.1, 0.15) is 63.0 Å². The lowest BCUT2D eigenvalue weighted by molar-refractivity contribution is -0.142. The first-order valence-corrected chi connectivity index (χ1v) is 17.8. The highest BCUT2D eigenvalue weighted by Crippen LogP contribution is 2.71. The molecule has 4 heterocycles. The van der Waals surface area contributed by atoms with Crippen LogP contribution in [0.3, 0.4) is 0 Å². The zero-order chi connectivity index (χ0) is 36.1. The van der Waals surface area contributed by atoms with Gasteiger partial charge < -0.3 is 10.6 Å². The molecule has 2 N–H and O–H groups in total. The SMILES string of the molecule is CSc1nc2nc([C@H](Cc3cc(F)cc(F)c3)NC(=O)Cn3nc(C(F)(F)F)c4c3C(F)(F)[C@@H]3[C@H](C)[C@H]43)c(-c3ccc4c(c3)C(=O)NC4)cc2s1. The fraction of sp³-hybridized carbons (Fsp3) is 0.324. The van der Waals surface area contributed by atoms with Crippen molar-refractivity contribution in [3.05, 3.63) is 93.4 Å². The summed E-state index contributed by atoms with van der Waals surface area (Å²) in [7, 11) is 0. The molecule has 1 fully saturated rings. The molecule has 0 spiro atoms. The van der Waals surface area contributed by atoms with Gasteiger partial charge >= 0.3 is 6.18 Å². The van der Waals surface area contributed by atoms with Gasteiger partial charge in [-0.15, -0.1) is 11.3 Å². The number of aromatic nitrogens is 4. The number of thiazole rings is 1. The Kier molecular flexibility index (Phi) is 7.76. The number of hydrogen-bond donors (Lipinski definition) is 2. The van der Waals surface area contributed by atoms with E-state index < -0.39 is 76.9 Å². The average molecular weight is 747 g/mol. The number of rotatable bonds is 8. The van der Waals surface area contributed by atoms with Crippen molar-refractivity contribution in [3.63, 3.8) is 0 Å². The second kappa shape index (κ2) is 11.8. The number of pyridine rings is 1. The molecule has 8 rings (SSSR count). The lowest BCUT2D eigenvalue weighted by atomic mass is 9.93. The Bertz CT molecular complexity index is 2270. The number of halogens is 7. The summed E-state index contributed by atoms with van der Waals surface area (Å²) in [6, 6.07) is 8.50. The Morgan fingerprint density at radius 3 is 2.57 bits per heavy atom. The van der Waals surface area contributed by atoms with Crippen LogP contribution in [0, 0.1) is 23.5 Å². The molecule has 2 amide bonds.